The van der Waals surface area contributed by atoms with Crippen molar-refractivity contribution >= 4 is 44.6 Å². The lowest BCUT2D eigenvalue weighted by molar-refractivity contribution is -0.00812. The minimum atomic E-state index is -0.404. The van der Waals surface area contributed by atoms with Crippen LogP contribution in [-0.2, 0) is 4.74 Å². The number of anilines is 1. The van der Waals surface area contributed by atoms with Crippen LogP contribution in [0.2, 0.25) is 5.02 Å². The number of nitrogens with one attached hydrogen (secondary N) is 1. The summed E-state index contributed by atoms with van der Waals surface area (Å²) in [6.07, 6.45) is 0. The van der Waals surface area contributed by atoms with Crippen molar-refractivity contribution in [2.24, 2.45) is 0 Å². The molecule has 0 unspecified atom stereocenters. The molecule has 2 aromatic rings. The largest absolute Gasteiger partial charge is 0.397 e. The molecule has 4 nitrogen and oxygen atoms in total. The first kappa shape index (κ1) is 16.1. The quantitative estimate of drug-likeness (QED) is 0.880. The fraction of sp³-hybridized carbons (Fsp3) is 0.400. The summed E-state index contributed by atoms with van der Waals surface area (Å²) in [5.74, 6) is -0.183. The Balaban J connectivity index is 2.18. The topological polar surface area (TPSA) is 64.3 Å². The van der Waals surface area contributed by atoms with E-state index in [0.29, 0.717) is 28.7 Å². The number of rotatable bonds is 5. The number of benzene rings is 1. The third kappa shape index (κ3) is 3.67. The number of fused-ring (bicyclic) bond motifs is 1. The lowest BCUT2D eigenvalue weighted by Gasteiger charge is -2.24. The fourth-order valence-electron chi connectivity index (χ4n) is 2.07. The minimum absolute atomic E-state index is 0.183. The maximum atomic E-state index is 12.3. The number of halogens is 1. The molecule has 0 saturated carbocycles. The minimum Gasteiger partial charge on any atom is -0.397 e. The number of hydrogen-bond donors (Lipinski definition) is 2. The van der Waals surface area contributed by atoms with Crippen LogP contribution in [0.25, 0.3) is 10.1 Å². The summed E-state index contributed by atoms with van der Waals surface area (Å²) in [6, 6.07) is 5.43. The number of carbonyl (C=O) groups excluding carboxylic acids is 1. The number of carbonyl (C=O) groups is 1. The molecule has 6 heteroatoms. The molecule has 0 aliphatic carbocycles. The first-order chi connectivity index (χ1) is 9.84. The molecule has 0 bridgehead atoms. The van der Waals surface area contributed by atoms with Gasteiger partial charge in [0.2, 0.25) is 0 Å². The third-order valence-corrected chi connectivity index (χ3v) is 4.51. The van der Waals surface area contributed by atoms with Gasteiger partial charge in [0, 0.05) is 28.3 Å². The molecule has 0 radical (unpaired) electrons. The molecule has 2 rings (SSSR count). The predicted octanol–water partition coefficient (Wildman–Crippen LogP) is 3.68. The van der Waals surface area contributed by atoms with Gasteiger partial charge < -0.3 is 15.8 Å². The van der Waals surface area contributed by atoms with E-state index in [1.54, 1.807) is 6.07 Å². The van der Waals surface area contributed by atoms with Gasteiger partial charge in [-0.1, -0.05) is 11.6 Å². The van der Waals surface area contributed by atoms with E-state index < -0.39 is 5.60 Å². The molecule has 0 fully saturated rings. The fourth-order valence-corrected chi connectivity index (χ4v) is 3.39. The van der Waals surface area contributed by atoms with Crippen LogP contribution in [0.4, 0.5) is 5.69 Å². The molecule has 1 heterocycles. The number of amides is 1. The highest BCUT2D eigenvalue weighted by Gasteiger charge is 2.21. The molecule has 0 aliphatic heterocycles. The number of hydrogen-bond acceptors (Lipinski definition) is 4. The van der Waals surface area contributed by atoms with Gasteiger partial charge >= 0.3 is 0 Å². The van der Waals surface area contributed by atoms with Gasteiger partial charge in [0.05, 0.1) is 11.3 Å². The Morgan fingerprint density at radius 2 is 2.19 bits per heavy atom. The SMILES string of the molecule is CCOC(C)(C)CNC(=O)c1sc2cc(Cl)ccc2c1N. The Bertz CT molecular complexity index is 667. The van der Waals surface area contributed by atoms with Gasteiger partial charge in [0.1, 0.15) is 4.88 Å². The van der Waals surface area contributed by atoms with Crippen LogP contribution in [0.3, 0.4) is 0 Å². The third-order valence-electron chi connectivity index (χ3n) is 3.11. The van der Waals surface area contributed by atoms with E-state index in [9.17, 15) is 4.79 Å². The second kappa shape index (κ2) is 6.22. The van der Waals surface area contributed by atoms with E-state index in [2.05, 4.69) is 5.32 Å². The van der Waals surface area contributed by atoms with Crippen molar-refractivity contribution in [1.29, 1.82) is 0 Å². The summed E-state index contributed by atoms with van der Waals surface area (Å²) in [7, 11) is 0. The average molecular weight is 327 g/mol. The maximum Gasteiger partial charge on any atom is 0.263 e. The zero-order chi connectivity index (χ0) is 15.6. The molecule has 3 N–H and O–H groups in total. The second-order valence-electron chi connectivity index (χ2n) is 5.36. The average Bonchev–Trinajstić information content (AvgIpc) is 2.73. The van der Waals surface area contributed by atoms with E-state index >= 15 is 0 Å². The highest BCUT2D eigenvalue weighted by Crippen LogP contribution is 2.35. The van der Waals surface area contributed by atoms with Crippen LogP contribution in [0.5, 0.6) is 0 Å². The molecule has 0 atom stereocenters. The summed E-state index contributed by atoms with van der Waals surface area (Å²) in [4.78, 5) is 12.8. The van der Waals surface area contributed by atoms with Crippen LogP contribution < -0.4 is 11.1 Å². The monoisotopic (exact) mass is 326 g/mol. The Labute approximate surface area is 133 Å². The van der Waals surface area contributed by atoms with E-state index in [0.717, 1.165) is 10.1 Å². The highest BCUT2D eigenvalue weighted by atomic mass is 35.5. The van der Waals surface area contributed by atoms with Crippen molar-refractivity contribution in [2.75, 3.05) is 18.9 Å². The van der Waals surface area contributed by atoms with Crippen molar-refractivity contribution in [3.63, 3.8) is 0 Å². The summed E-state index contributed by atoms with van der Waals surface area (Å²) in [5, 5.41) is 4.37. The van der Waals surface area contributed by atoms with E-state index in [1.807, 2.05) is 32.9 Å². The van der Waals surface area contributed by atoms with Gasteiger partial charge in [-0.05, 0) is 39.0 Å². The Morgan fingerprint density at radius 1 is 1.48 bits per heavy atom. The number of nitrogen functional groups attached to an aromatic ring is 1. The first-order valence-electron chi connectivity index (χ1n) is 6.74. The second-order valence-corrected chi connectivity index (χ2v) is 6.85. The van der Waals surface area contributed by atoms with Gasteiger partial charge in [-0.2, -0.15) is 0 Å². The number of thiophene rings is 1. The van der Waals surface area contributed by atoms with Gasteiger partial charge in [0.25, 0.3) is 5.91 Å². The highest BCUT2D eigenvalue weighted by molar-refractivity contribution is 7.21. The van der Waals surface area contributed by atoms with Crippen molar-refractivity contribution in [2.45, 2.75) is 26.4 Å². The Morgan fingerprint density at radius 3 is 2.86 bits per heavy atom. The number of ether oxygens (including phenoxy) is 1. The molecule has 0 spiro atoms. The predicted molar refractivity (Wildman–Crippen MR) is 89.3 cm³/mol. The molecular weight excluding hydrogens is 308 g/mol. The molecule has 21 heavy (non-hydrogen) atoms. The van der Waals surface area contributed by atoms with Crippen molar-refractivity contribution in [3.8, 4) is 0 Å². The molecule has 1 amide bonds. The summed E-state index contributed by atoms with van der Waals surface area (Å²) in [6.45, 7) is 6.83. The zero-order valence-corrected chi connectivity index (χ0v) is 13.9. The van der Waals surface area contributed by atoms with Gasteiger partial charge in [0.15, 0.2) is 0 Å². The van der Waals surface area contributed by atoms with Crippen LogP contribution in [-0.4, -0.2) is 24.7 Å². The Hall–Kier alpha value is -1.30. The van der Waals surface area contributed by atoms with E-state index in [-0.39, 0.29) is 5.91 Å². The standard InChI is InChI=1S/C15H19ClN2O2S/c1-4-20-15(2,3)8-18-14(19)13-12(17)10-6-5-9(16)7-11(10)21-13/h5-7H,4,8,17H2,1-3H3,(H,18,19). The summed E-state index contributed by atoms with van der Waals surface area (Å²) in [5.41, 5.74) is 6.16. The van der Waals surface area contributed by atoms with Crippen molar-refractivity contribution in [3.05, 3.63) is 28.1 Å². The smallest absolute Gasteiger partial charge is 0.263 e. The van der Waals surface area contributed by atoms with E-state index in [1.165, 1.54) is 11.3 Å². The van der Waals surface area contributed by atoms with Gasteiger partial charge in [-0.15, -0.1) is 11.3 Å². The number of nitrogens with two attached hydrogens (primary N) is 1. The van der Waals surface area contributed by atoms with E-state index in [4.69, 9.17) is 22.1 Å². The maximum absolute atomic E-state index is 12.3. The van der Waals surface area contributed by atoms with Gasteiger partial charge in [-0.25, -0.2) is 0 Å². The van der Waals surface area contributed by atoms with Crippen LogP contribution >= 0.6 is 22.9 Å². The van der Waals surface area contributed by atoms with Crippen LogP contribution in [0.15, 0.2) is 18.2 Å². The van der Waals surface area contributed by atoms with Crippen molar-refractivity contribution in [1.82, 2.24) is 5.32 Å². The van der Waals surface area contributed by atoms with Crippen molar-refractivity contribution < 1.29 is 9.53 Å². The lowest BCUT2D eigenvalue weighted by Crippen LogP contribution is -2.40. The molecule has 0 aliphatic rings. The molecule has 1 aromatic heterocycles. The van der Waals surface area contributed by atoms with Crippen LogP contribution in [0, 0.1) is 0 Å². The molecule has 114 valence electrons. The molecule has 1 aromatic carbocycles. The summed E-state index contributed by atoms with van der Waals surface area (Å²) < 4.78 is 6.47. The first-order valence-corrected chi connectivity index (χ1v) is 7.93. The molecule has 0 saturated heterocycles. The zero-order valence-electron chi connectivity index (χ0n) is 12.3. The lowest BCUT2D eigenvalue weighted by atomic mass is 10.1. The normalized spacial score (nSPS) is 11.8. The van der Waals surface area contributed by atoms with Crippen LogP contribution in [0.1, 0.15) is 30.4 Å². The molecular formula is C15H19ClN2O2S. The van der Waals surface area contributed by atoms with Gasteiger partial charge in [-0.3, -0.25) is 4.79 Å². The Kier molecular flexibility index (Phi) is 4.76. The summed E-state index contributed by atoms with van der Waals surface area (Å²) >= 11 is 7.31.